The minimum atomic E-state index is -0.517. The molecule has 236 valence electrons. The smallest absolute Gasteiger partial charge is 0.161 e. The first-order valence-electron chi connectivity index (χ1n) is 15.6. The van der Waals surface area contributed by atoms with E-state index in [1.54, 1.807) is 31.0 Å². The number of imidazole rings is 1. The molecule has 0 bridgehead atoms. The summed E-state index contributed by atoms with van der Waals surface area (Å²) in [6.45, 7) is 3.10. The van der Waals surface area contributed by atoms with E-state index in [0.29, 0.717) is 63.5 Å². The van der Waals surface area contributed by atoms with E-state index in [1.165, 1.54) is 37.8 Å². The Balaban J connectivity index is 1.20. The van der Waals surface area contributed by atoms with Gasteiger partial charge in [0.2, 0.25) is 0 Å². The number of aromatic nitrogens is 7. The predicted octanol–water partition coefficient (Wildman–Crippen LogP) is 6.16. The van der Waals surface area contributed by atoms with Crippen molar-refractivity contribution in [2.24, 2.45) is 5.92 Å². The maximum Gasteiger partial charge on any atom is 0.161 e. The van der Waals surface area contributed by atoms with Gasteiger partial charge in [-0.15, -0.1) is 0 Å². The zero-order valence-electron chi connectivity index (χ0n) is 25.9. The molecule has 1 aliphatic carbocycles. The molecule has 1 saturated carbocycles. The Hall–Kier alpha value is -4.81. The molecule has 5 aromatic heterocycles. The van der Waals surface area contributed by atoms with E-state index in [1.807, 2.05) is 31.1 Å². The Morgan fingerprint density at radius 3 is 2.61 bits per heavy atom. The largest absolute Gasteiger partial charge is 0.384 e. The number of benzene rings is 1. The third-order valence-electron chi connectivity index (χ3n) is 8.57. The highest BCUT2D eigenvalue weighted by molar-refractivity contribution is 5.98. The molecular formula is C34H36F2N10. The molecule has 0 radical (unpaired) electrons. The van der Waals surface area contributed by atoms with Crippen LogP contribution in [0.25, 0.3) is 55.8 Å². The highest BCUT2D eigenvalue weighted by Gasteiger charge is 2.22. The minimum absolute atomic E-state index is 0.188. The van der Waals surface area contributed by atoms with Crippen molar-refractivity contribution in [3.63, 3.8) is 0 Å². The first kappa shape index (κ1) is 29.9. The Bertz CT molecular complexity index is 1990. The average molecular weight is 623 g/mol. The molecule has 0 atom stereocenters. The molecule has 7 rings (SSSR count). The molecule has 12 heteroatoms. The summed E-state index contributed by atoms with van der Waals surface area (Å²) < 4.78 is 31.0. The highest BCUT2D eigenvalue weighted by Crippen LogP contribution is 2.35. The van der Waals surface area contributed by atoms with Gasteiger partial charge in [0.1, 0.15) is 17.2 Å². The molecule has 6 aromatic rings. The van der Waals surface area contributed by atoms with E-state index in [9.17, 15) is 4.39 Å². The molecule has 0 spiro atoms. The molecule has 0 amide bonds. The zero-order chi connectivity index (χ0) is 31.6. The maximum absolute atomic E-state index is 16.3. The van der Waals surface area contributed by atoms with Crippen LogP contribution in [0.15, 0.2) is 55.2 Å². The van der Waals surface area contributed by atoms with Gasteiger partial charge in [-0.05, 0) is 74.8 Å². The lowest BCUT2D eigenvalue weighted by atomic mass is 10.1. The number of hydrogen-bond donors (Lipinski definition) is 4. The van der Waals surface area contributed by atoms with Crippen LogP contribution in [-0.2, 0) is 6.54 Å². The number of nitrogens with zero attached hydrogens (tertiary/aromatic N) is 6. The van der Waals surface area contributed by atoms with E-state index in [-0.39, 0.29) is 16.9 Å². The van der Waals surface area contributed by atoms with Crippen LogP contribution in [0.3, 0.4) is 0 Å². The fourth-order valence-corrected chi connectivity index (χ4v) is 6.22. The van der Waals surface area contributed by atoms with Gasteiger partial charge in [-0.2, -0.15) is 5.10 Å². The summed E-state index contributed by atoms with van der Waals surface area (Å²) in [4.78, 5) is 23.3. The molecule has 1 aromatic carbocycles. The van der Waals surface area contributed by atoms with Crippen LogP contribution in [0, 0.1) is 17.6 Å². The standard InChI is InChI=1S/C34H36F2N10/c1-46(2)8-7-40-25-11-22(10-24(35)12-25)26-17-39-18-28-32(26)43-34(42-28)33-29-27(44-45-33)19-41-31(30(29)36)23-9-21(15-38-16-23)14-37-13-20-5-3-4-6-20/h9-12,15-20,37,40H,3-8,13-14H2,1-2H3,(H,42,43)(H,44,45). The van der Waals surface area contributed by atoms with Crippen LogP contribution in [0.5, 0.6) is 0 Å². The van der Waals surface area contributed by atoms with E-state index in [4.69, 9.17) is 4.98 Å². The van der Waals surface area contributed by atoms with Crippen molar-refractivity contribution in [1.29, 1.82) is 0 Å². The summed E-state index contributed by atoms with van der Waals surface area (Å²) >= 11 is 0. The monoisotopic (exact) mass is 622 g/mol. The Morgan fingerprint density at radius 2 is 1.76 bits per heavy atom. The summed E-state index contributed by atoms with van der Waals surface area (Å²) in [7, 11) is 3.97. The molecule has 1 aliphatic rings. The third-order valence-corrected chi connectivity index (χ3v) is 8.57. The number of fused-ring (bicyclic) bond motifs is 2. The van der Waals surface area contributed by atoms with Crippen LogP contribution in [0.1, 0.15) is 31.2 Å². The summed E-state index contributed by atoms with van der Waals surface area (Å²) in [5, 5.41) is 14.4. The highest BCUT2D eigenvalue weighted by atomic mass is 19.1. The molecule has 46 heavy (non-hydrogen) atoms. The van der Waals surface area contributed by atoms with Crippen molar-refractivity contribution in [3.05, 3.63) is 72.4 Å². The molecule has 4 N–H and O–H groups in total. The van der Waals surface area contributed by atoms with Crippen molar-refractivity contribution >= 4 is 27.6 Å². The SMILES string of the molecule is CN(C)CCNc1cc(F)cc(-c2cncc3[nH]c(-c4n[nH]c5cnc(-c6cncc(CNCC7CCCC7)c6)c(F)c45)nc23)c1. The van der Waals surface area contributed by atoms with Gasteiger partial charge in [0.05, 0.1) is 34.3 Å². The van der Waals surface area contributed by atoms with E-state index < -0.39 is 5.82 Å². The van der Waals surface area contributed by atoms with Gasteiger partial charge in [-0.1, -0.05) is 12.8 Å². The van der Waals surface area contributed by atoms with Crippen LogP contribution in [-0.4, -0.2) is 73.7 Å². The number of nitrogens with one attached hydrogen (secondary N) is 4. The third kappa shape index (κ3) is 6.18. The molecule has 5 heterocycles. The summed E-state index contributed by atoms with van der Waals surface area (Å²) in [6.07, 6.45) is 13.5. The van der Waals surface area contributed by atoms with E-state index in [0.717, 1.165) is 24.6 Å². The number of anilines is 1. The fourth-order valence-electron chi connectivity index (χ4n) is 6.22. The van der Waals surface area contributed by atoms with Crippen molar-refractivity contribution in [3.8, 4) is 33.9 Å². The van der Waals surface area contributed by atoms with Crippen LogP contribution < -0.4 is 10.6 Å². The van der Waals surface area contributed by atoms with E-state index in [2.05, 4.69) is 40.8 Å². The van der Waals surface area contributed by atoms with Gasteiger partial charge in [0.15, 0.2) is 11.6 Å². The predicted molar refractivity (Wildman–Crippen MR) is 176 cm³/mol. The van der Waals surface area contributed by atoms with Gasteiger partial charge in [0.25, 0.3) is 0 Å². The number of pyridine rings is 3. The molecule has 10 nitrogen and oxygen atoms in total. The lowest BCUT2D eigenvalue weighted by Crippen LogP contribution is -2.20. The van der Waals surface area contributed by atoms with Gasteiger partial charge in [0, 0.05) is 55.0 Å². The summed E-state index contributed by atoms with van der Waals surface area (Å²) in [6, 6.07) is 6.71. The van der Waals surface area contributed by atoms with E-state index >= 15 is 4.39 Å². The van der Waals surface area contributed by atoms with Crippen molar-refractivity contribution < 1.29 is 8.78 Å². The number of halogens is 2. The second-order valence-electron chi connectivity index (χ2n) is 12.3. The molecule has 0 unspecified atom stereocenters. The van der Waals surface area contributed by atoms with Gasteiger partial charge in [-0.25, -0.2) is 13.8 Å². The first-order chi connectivity index (χ1) is 22.4. The van der Waals surface area contributed by atoms with Crippen LogP contribution in [0.4, 0.5) is 14.5 Å². The van der Waals surface area contributed by atoms with Crippen molar-refractivity contribution in [1.82, 2.24) is 45.3 Å². The molecule has 0 saturated heterocycles. The lowest BCUT2D eigenvalue weighted by molar-refractivity contribution is 0.425. The topological polar surface area (TPSA) is 123 Å². The second kappa shape index (κ2) is 12.9. The number of H-pyrrole nitrogens is 2. The zero-order valence-corrected chi connectivity index (χ0v) is 25.9. The number of aromatic amines is 2. The van der Waals surface area contributed by atoms with Gasteiger partial charge >= 0.3 is 0 Å². The van der Waals surface area contributed by atoms with Gasteiger partial charge in [-0.3, -0.25) is 20.1 Å². The number of rotatable bonds is 11. The molecule has 1 fully saturated rings. The summed E-state index contributed by atoms with van der Waals surface area (Å²) in [5.74, 6) is 0.191. The maximum atomic E-state index is 16.3. The fraction of sp³-hybridized carbons (Fsp3) is 0.324. The van der Waals surface area contributed by atoms with Crippen molar-refractivity contribution in [2.45, 2.75) is 32.2 Å². The summed E-state index contributed by atoms with van der Waals surface area (Å²) in [5.41, 5.74) is 5.61. The number of hydrogen-bond acceptors (Lipinski definition) is 8. The Kier molecular flexibility index (Phi) is 8.37. The Morgan fingerprint density at radius 1 is 0.913 bits per heavy atom. The van der Waals surface area contributed by atoms with Crippen LogP contribution in [0.2, 0.25) is 0 Å². The second-order valence-corrected chi connectivity index (χ2v) is 12.3. The average Bonchev–Trinajstić information content (AvgIpc) is 3.81. The normalized spacial score (nSPS) is 13.8. The van der Waals surface area contributed by atoms with Crippen molar-refractivity contribution in [2.75, 3.05) is 39.0 Å². The quantitative estimate of drug-likeness (QED) is 0.136. The minimum Gasteiger partial charge on any atom is -0.384 e. The lowest BCUT2D eigenvalue weighted by Gasteiger charge is -2.12. The Labute approximate surface area is 265 Å². The number of likely N-dealkylation sites (N-methyl/N-ethyl adjacent to an activating group) is 1. The van der Waals surface area contributed by atoms with Crippen LogP contribution >= 0.6 is 0 Å². The molecule has 0 aliphatic heterocycles. The molecular weight excluding hydrogens is 586 g/mol. The first-order valence-corrected chi connectivity index (χ1v) is 15.6. The van der Waals surface area contributed by atoms with Gasteiger partial charge < -0.3 is 20.5 Å².